The van der Waals surface area contributed by atoms with Crippen LogP contribution in [-0.2, 0) is 16.0 Å². The van der Waals surface area contributed by atoms with Gasteiger partial charge in [-0.3, -0.25) is 4.79 Å². The Bertz CT molecular complexity index is 572. The van der Waals surface area contributed by atoms with Crippen LogP contribution in [0.1, 0.15) is 68.8 Å². The minimum Gasteiger partial charge on any atom is -0.456 e. The lowest BCUT2D eigenvalue weighted by Gasteiger charge is -2.19. The number of ketones is 1. The molecule has 4 nitrogen and oxygen atoms in total. The van der Waals surface area contributed by atoms with Gasteiger partial charge in [-0.25, -0.2) is 4.79 Å². The van der Waals surface area contributed by atoms with Crippen molar-refractivity contribution in [3.63, 3.8) is 0 Å². The molecule has 0 bridgehead atoms. The van der Waals surface area contributed by atoms with E-state index in [2.05, 4.69) is 0 Å². The zero-order valence-corrected chi connectivity index (χ0v) is 15.0. The summed E-state index contributed by atoms with van der Waals surface area (Å²) >= 11 is 0. The van der Waals surface area contributed by atoms with Crippen LogP contribution in [0.15, 0.2) is 24.3 Å². The fraction of sp³-hybridized carbons (Fsp3) is 0.600. The van der Waals surface area contributed by atoms with Gasteiger partial charge in [-0.15, -0.1) is 0 Å². The summed E-state index contributed by atoms with van der Waals surface area (Å²) in [6.45, 7) is 5.57. The number of esters is 1. The number of ether oxygens (including phenoxy) is 1. The van der Waals surface area contributed by atoms with Crippen molar-refractivity contribution in [2.45, 2.75) is 70.9 Å². The summed E-state index contributed by atoms with van der Waals surface area (Å²) in [6, 6.07) is 7.54. The highest BCUT2D eigenvalue weighted by molar-refractivity contribution is 5.89. The Morgan fingerprint density at radius 3 is 2.50 bits per heavy atom. The molecule has 4 heteroatoms. The standard InChI is InChI=1S/C20H29NO3/c1-20(2,3)24-19(23)16-11-8-14(9-12-16)7-10-15-5-4-6-17(21)13-18(15)22/h8-9,11-12,15,17H,4-7,10,13,21H2,1-3H3. The molecule has 1 aliphatic rings. The number of carbonyl (C=O) groups excluding carboxylic acids is 2. The summed E-state index contributed by atoms with van der Waals surface area (Å²) in [6.07, 6.45) is 5.16. The molecule has 1 fully saturated rings. The monoisotopic (exact) mass is 331 g/mol. The second kappa shape index (κ2) is 7.93. The number of hydrogen-bond acceptors (Lipinski definition) is 4. The first-order chi connectivity index (χ1) is 11.2. The average Bonchev–Trinajstić information content (AvgIpc) is 2.64. The van der Waals surface area contributed by atoms with Crippen LogP contribution in [0.2, 0.25) is 0 Å². The molecule has 1 aromatic carbocycles. The number of Topliss-reactive ketones (excluding diaryl/α,β-unsaturated/α-hetero) is 1. The number of nitrogens with two attached hydrogens (primary N) is 1. The Balaban J connectivity index is 1.90. The van der Waals surface area contributed by atoms with E-state index in [0.29, 0.717) is 17.8 Å². The van der Waals surface area contributed by atoms with Gasteiger partial charge in [0, 0.05) is 18.4 Å². The molecular weight excluding hydrogens is 302 g/mol. The van der Waals surface area contributed by atoms with E-state index >= 15 is 0 Å². The molecule has 0 saturated heterocycles. The number of hydrogen-bond donors (Lipinski definition) is 1. The van der Waals surface area contributed by atoms with Gasteiger partial charge in [0.05, 0.1) is 5.56 Å². The van der Waals surface area contributed by atoms with Crippen molar-refractivity contribution in [3.8, 4) is 0 Å². The maximum atomic E-state index is 12.2. The van der Waals surface area contributed by atoms with Gasteiger partial charge < -0.3 is 10.5 Å². The molecule has 132 valence electrons. The fourth-order valence-electron chi connectivity index (χ4n) is 3.11. The van der Waals surface area contributed by atoms with E-state index in [1.54, 1.807) is 12.1 Å². The van der Waals surface area contributed by atoms with E-state index in [-0.39, 0.29) is 17.9 Å². The fourth-order valence-corrected chi connectivity index (χ4v) is 3.11. The number of benzene rings is 1. The van der Waals surface area contributed by atoms with E-state index < -0.39 is 5.60 Å². The first kappa shape index (κ1) is 18.7. The predicted molar refractivity (Wildman–Crippen MR) is 94.9 cm³/mol. The molecule has 2 rings (SSSR count). The lowest BCUT2D eigenvalue weighted by Crippen LogP contribution is -2.24. The Kier molecular flexibility index (Phi) is 6.16. The summed E-state index contributed by atoms with van der Waals surface area (Å²) in [4.78, 5) is 24.2. The molecule has 1 aliphatic carbocycles. The van der Waals surface area contributed by atoms with Crippen LogP contribution in [0.3, 0.4) is 0 Å². The summed E-state index contributed by atoms with van der Waals surface area (Å²) in [5.74, 6) is 0.136. The third-order valence-corrected chi connectivity index (χ3v) is 4.42. The maximum Gasteiger partial charge on any atom is 0.338 e. The minimum absolute atomic E-state index is 0.0376. The molecule has 1 aromatic rings. The van der Waals surface area contributed by atoms with Crippen molar-refractivity contribution in [3.05, 3.63) is 35.4 Å². The SMILES string of the molecule is CC(C)(C)OC(=O)c1ccc(CCC2CCCC(N)CC2=O)cc1. The molecule has 0 aromatic heterocycles. The number of rotatable bonds is 4. The van der Waals surface area contributed by atoms with Crippen LogP contribution in [-0.4, -0.2) is 23.4 Å². The molecule has 24 heavy (non-hydrogen) atoms. The van der Waals surface area contributed by atoms with Crippen molar-refractivity contribution < 1.29 is 14.3 Å². The summed E-state index contributed by atoms with van der Waals surface area (Å²) in [7, 11) is 0. The molecule has 1 saturated carbocycles. The molecule has 0 aliphatic heterocycles. The molecule has 0 amide bonds. The highest BCUT2D eigenvalue weighted by Gasteiger charge is 2.24. The molecule has 0 radical (unpaired) electrons. The van der Waals surface area contributed by atoms with Crippen LogP contribution in [0.25, 0.3) is 0 Å². The van der Waals surface area contributed by atoms with Crippen LogP contribution < -0.4 is 5.73 Å². The van der Waals surface area contributed by atoms with Crippen molar-refractivity contribution in [1.29, 1.82) is 0 Å². The van der Waals surface area contributed by atoms with E-state index in [1.165, 1.54) is 0 Å². The third kappa shape index (κ3) is 5.75. The molecular formula is C20H29NO3. The predicted octanol–water partition coefficient (Wildman–Crippen LogP) is 3.66. The van der Waals surface area contributed by atoms with Crippen molar-refractivity contribution in [2.75, 3.05) is 0 Å². The average molecular weight is 331 g/mol. The molecule has 2 unspecified atom stereocenters. The van der Waals surface area contributed by atoms with Gasteiger partial charge >= 0.3 is 5.97 Å². The summed E-state index contributed by atoms with van der Waals surface area (Å²) < 4.78 is 5.36. The second-order valence-electron chi connectivity index (χ2n) is 7.80. The highest BCUT2D eigenvalue weighted by Crippen LogP contribution is 2.24. The van der Waals surface area contributed by atoms with Gasteiger partial charge in [0.1, 0.15) is 11.4 Å². The van der Waals surface area contributed by atoms with Gasteiger partial charge in [0.25, 0.3) is 0 Å². The normalized spacial score (nSPS) is 22.1. The van der Waals surface area contributed by atoms with E-state index in [1.807, 2.05) is 32.9 Å². The minimum atomic E-state index is -0.490. The van der Waals surface area contributed by atoms with Crippen molar-refractivity contribution in [2.24, 2.45) is 11.7 Å². The first-order valence-corrected chi connectivity index (χ1v) is 8.85. The van der Waals surface area contributed by atoms with Crippen LogP contribution >= 0.6 is 0 Å². The Morgan fingerprint density at radius 2 is 1.88 bits per heavy atom. The van der Waals surface area contributed by atoms with Crippen LogP contribution in [0.5, 0.6) is 0 Å². The van der Waals surface area contributed by atoms with Crippen molar-refractivity contribution >= 4 is 11.8 Å². The van der Waals surface area contributed by atoms with E-state index in [9.17, 15) is 9.59 Å². The zero-order valence-electron chi connectivity index (χ0n) is 15.0. The number of carbonyl (C=O) groups is 2. The molecule has 0 heterocycles. The third-order valence-electron chi connectivity index (χ3n) is 4.42. The molecule has 2 N–H and O–H groups in total. The maximum absolute atomic E-state index is 12.2. The van der Waals surface area contributed by atoms with Gasteiger partial charge in [0.2, 0.25) is 0 Å². The quantitative estimate of drug-likeness (QED) is 0.675. The second-order valence-corrected chi connectivity index (χ2v) is 7.80. The van der Waals surface area contributed by atoms with Crippen molar-refractivity contribution in [1.82, 2.24) is 0 Å². The largest absolute Gasteiger partial charge is 0.456 e. The number of aryl methyl sites for hydroxylation is 1. The topological polar surface area (TPSA) is 69.4 Å². The van der Waals surface area contributed by atoms with E-state index in [0.717, 1.165) is 37.7 Å². The van der Waals surface area contributed by atoms with Gasteiger partial charge in [-0.1, -0.05) is 18.6 Å². The van der Waals surface area contributed by atoms with Gasteiger partial charge in [-0.05, 0) is 64.2 Å². The zero-order chi connectivity index (χ0) is 17.7. The van der Waals surface area contributed by atoms with Gasteiger partial charge in [-0.2, -0.15) is 0 Å². The Morgan fingerprint density at radius 1 is 1.21 bits per heavy atom. The first-order valence-electron chi connectivity index (χ1n) is 8.85. The lowest BCUT2D eigenvalue weighted by molar-refractivity contribution is -0.123. The Hall–Kier alpha value is -1.68. The van der Waals surface area contributed by atoms with Gasteiger partial charge in [0.15, 0.2) is 0 Å². The molecule has 2 atom stereocenters. The highest BCUT2D eigenvalue weighted by atomic mass is 16.6. The summed E-state index contributed by atoms with van der Waals surface area (Å²) in [5, 5.41) is 0. The van der Waals surface area contributed by atoms with Crippen LogP contribution in [0.4, 0.5) is 0 Å². The lowest BCUT2D eigenvalue weighted by atomic mass is 9.91. The van der Waals surface area contributed by atoms with Crippen LogP contribution in [0, 0.1) is 5.92 Å². The Labute approximate surface area is 144 Å². The summed E-state index contributed by atoms with van der Waals surface area (Å²) in [5.41, 5.74) is 7.13. The smallest absolute Gasteiger partial charge is 0.338 e. The molecule has 0 spiro atoms. The van der Waals surface area contributed by atoms with E-state index in [4.69, 9.17) is 10.5 Å².